The van der Waals surface area contributed by atoms with Gasteiger partial charge in [-0.1, -0.05) is 0 Å². The number of hydrogen-bond acceptors (Lipinski definition) is 3. The second-order valence-corrected chi connectivity index (χ2v) is 5.13. The van der Waals surface area contributed by atoms with E-state index in [1.54, 1.807) is 6.20 Å². The van der Waals surface area contributed by atoms with E-state index >= 15 is 0 Å². The number of pyridine rings is 1. The molecular formula is C13H18F3N3. The molecule has 0 spiro atoms. The van der Waals surface area contributed by atoms with E-state index in [2.05, 4.69) is 10.3 Å². The molecule has 1 N–H and O–H groups in total. The number of rotatable bonds is 3. The van der Waals surface area contributed by atoms with Gasteiger partial charge in [0.1, 0.15) is 5.82 Å². The molecule has 2 rings (SSSR count). The molecule has 1 aliphatic heterocycles. The second-order valence-electron chi connectivity index (χ2n) is 5.13. The number of nitrogens with one attached hydrogen (secondary N) is 1. The van der Waals surface area contributed by atoms with Crippen LogP contribution in [0.25, 0.3) is 0 Å². The zero-order chi connectivity index (χ0) is 14.0. The smallest absolute Gasteiger partial charge is 0.366 e. The number of hydrogen-bond donors (Lipinski definition) is 1. The van der Waals surface area contributed by atoms with Crippen LogP contribution in [0.5, 0.6) is 0 Å². The maximum atomic E-state index is 12.3. The van der Waals surface area contributed by atoms with Crippen molar-refractivity contribution in [3.8, 4) is 0 Å². The molecule has 0 radical (unpaired) electrons. The van der Waals surface area contributed by atoms with Crippen LogP contribution in [-0.2, 0) is 0 Å². The van der Waals surface area contributed by atoms with E-state index in [-0.39, 0.29) is 6.04 Å². The predicted molar refractivity (Wildman–Crippen MR) is 68.2 cm³/mol. The van der Waals surface area contributed by atoms with Gasteiger partial charge in [-0.05, 0) is 37.5 Å². The van der Waals surface area contributed by atoms with Crippen LogP contribution < -0.4 is 5.32 Å². The normalized spacial score (nSPS) is 20.8. The minimum Gasteiger partial charge on any atom is -0.366 e. The number of halogens is 3. The third-order valence-corrected chi connectivity index (χ3v) is 3.40. The summed E-state index contributed by atoms with van der Waals surface area (Å²) in [4.78, 5) is 5.68. The van der Waals surface area contributed by atoms with Crippen molar-refractivity contribution in [2.75, 3.05) is 25.0 Å². The van der Waals surface area contributed by atoms with E-state index < -0.39 is 12.7 Å². The number of likely N-dealkylation sites (tertiary alicyclic amines) is 1. The molecule has 0 amide bonds. The Morgan fingerprint density at radius 1 is 1.37 bits per heavy atom. The van der Waals surface area contributed by atoms with Gasteiger partial charge >= 0.3 is 6.18 Å². The molecule has 1 fully saturated rings. The molecule has 0 saturated carbocycles. The monoisotopic (exact) mass is 273 g/mol. The van der Waals surface area contributed by atoms with Gasteiger partial charge in [-0.2, -0.15) is 13.2 Å². The lowest BCUT2D eigenvalue weighted by Crippen LogP contribution is -2.34. The standard InChI is InChI=1S/C13H18F3N3/c1-9-5-12(17-6-10(9)2)18-11-3-4-19(7-11)8-13(14,15)16/h5-6,11H,3-4,7-8H2,1-2H3,(H,17,18). The minimum atomic E-state index is -4.12. The van der Waals surface area contributed by atoms with Crippen LogP contribution in [0, 0.1) is 13.8 Å². The van der Waals surface area contributed by atoms with E-state index in [1.165, 1.54) is 4.90 Å². The molecule has 6 heteroatoms. The van der Waals surface area contributed by atoms with Crippen molar-refractivity contribution < 1.29 is 13.2 Å². The Hall–Kier alpha value is -1.30. The zero-order valence-corrected chi connectivity index (χ0v) is 11.1. The first-order valence-electron chi connectivity index (χ1n) is 6.32. The summed E-state index contributed by atoms with van der Waals surface area (Å²) in [6, 6.07) is 1.97. The maximum Gasteiger partial charge on any atom is 0.401 e. The molecule has 3 nitrogen and oxygen atoms in total. The van der Waals surface area contributed by atoms with E-state index in [4.69, 9.17) is 0 Å². The lowest BCUT2D eigenvalue weighted by Gasteiger charge is -2.18. The Morgan fingerprint density at radius 3 is 2.74 bits per heavy atom. The molecule has 0 aromatic carbocycles. The van der Waals surface area contributed by atoms with Crippen LogP contribution in [-0.4, -0.2) is 41.7 Å². The average molecular weight is 273 g/mol. The summed E-state index contributed by atoms with van der Waals surface area (Å²) in [6.45, 7) is 4.03. The average Bonchev–Trinajstić information content (AvgIpc) is 2.68. The van der Waals surface area contributed by atoms with Crippen LogP contribution in [0.1, 0.15) is 17.5 Å². The van der Waals surface area contributed by atoms with E-state index in [9.17, 15) is 13.2 Å². The minimum absolute atomic E-state index is 0.0388. The van der Waals surface area contributed by atoms with Crippen molar-refractivity contribution in [2.45, 2.75) is 32.5 Å². The Bertz CT molecular complexity index is 445. The first-order chi connectivity index (χ1) is 8.83. The maximum absolute atomic E-state index is 12.3. The van der Waals surface area contributed by atoms with Gasteiger partial charge in [0, 0.05) is 25.3 Å². The fraction of sp³-hybridized carbons (Fsp3) is 0.615. The van der Waals surface area contributed by atoms with Gasteiger partial charge in [0.25, 0.3) is 0 Å². The Morgan fingerprint density at radius 2 is 2.11 bits per heavy atom. The predicted octanol–water partition coefficient (Wildman–Crippen LogP) is 2.75. The topological polar surface area (TPSA) is 28.2 Å². The Kier molecular flexibility index (Phi) is 3.99. The highest BCUT2D eigenvalue weighted by atomic mass is 19.4. The van der Waals surface area contributed by atoms with Crippen LogP contribution in [0.2, 0.25) is 0 Å². The van der Waals surface area contributed by atoms with Gasteiger partial charge in [-0.25, -0.2) is 4.98 Å². The highest BCUT2D eigenvalue weighted by Gasteiger charge is 2.34. The summed E-state index contributed by atoms with van der Waals surface area (Å²) in [6.07, 6.45) is -1.63. The molecule has 1 unspecified atom stereocenters. The Balaban J connectivity index is 1.89. The number of aryl methyl sites for hydroxylation is 2. The van der Waals surface area contributed by atoms with Crippen molar-refractivity contribution in [1.29, 1.82) is 0 Å². The van der Waals surface area contributed by atoms with E-state index in [0.29, 0.717) is 19.5 Å². The quantitative estimate of drug-likeness (QED) is 0.918. The largest absolute Gasteiger partial charge is 0.401 e. The molecule has 1 aromatic heterocycles. The lowest BCUT2D eigenvalue weighted by atomic mass is 10.2. The van der Waals surface area contributed by atoms with Crippen LogP contribution in [0.3, 0.4) is 0 Å². The molecule has 1 aromatic rings. The summed E-state index contributed by atoms with van der Waals surface area (Å²) in [5, 5.41) is 3.20. The first-order valence-corrected chi connectivity index (χ1v) is 6.32. The van der Waals surface area contributed by atoms with Crippen molar-refractivity contribution in [1.82, 2.24) is 9.88 Å². The van der Waals surface area contributed by atoms with Crippen molar-refractivity contribution in [3.05, 3.63) is 23.4 Å². The molecule has 19 heavy (non-hydrogen) atoms. The molecule has 0 bridgehead atoms. The molecular weight excluding hydrogens is 255 g/mol. The molecule has 1 saturated heterocycles. The molecule has 1 atom stereocenters. The van der Waals surface area contributed by atoms with Gasteiger partial charge in [0.2, 0.25) is 0 Å². The van der Waals surface area contributed by atoms with Crippen LogP contribution >= 0.6 is 0 Å². The lowest BCUT2D eigenvalue weighted by molar-refractivity contribution is -0.143. The summed E-state index contributed by atoms with van der Waals surface area (Å²) in [5.41, 5.74) is 2.23. The third-order valence-electron chi connectivity index (χ3n) is 3.40. The number of nitrogens with zero attached hydrogens (tertiary/aromatic N) is 2. The summed E-state index contributed by atoms with van der Waals surface area (Å²) in [7, 11) is 0. The van der Waals surface area contributed by atoms with E-state index in [1.807, 2.05) is 19.9 Å². The number of alkyl halides is 3. The highest BCUT2D eigenvalue weighted by Crippen LogP contribution is 2.21. The van der Waals surface area contributed by atoms with Crippen molar-refractivity contribution in [2.24, 2.45) is 0 Å². The highest BCUT2D eigenvalue weighted by molar-refractivity contribution is 5.41. The van der Waals surface area contributed by atoms with Crippen molar-refractivity contribution >= 4 is 5.82 Å². The van der Waals surface area contributed by atoms with E-state index in [0.717, 1.165) is 16.9 Å². The summed E-state index contributed by atoms with van der Waals surface area (Å²) < 4.78 is 36.9. The summed E-state index contributed by atoms with van der Waals surface area (Å²) >= 11 is 0. The fourth-order valence-electron chi connectivity index (χ4n) is 2.26. The van der Waals surface area contributed by atoms with Crippen molar-refractivity contribution in [3.63, 3.8) is 0 Å². The number of anilines is 1. The molecule has 106 valence electrons. The van der Waals surface area contributed by atoms with Crippen LogP contribution in [0.4, 0.5) is 19.0 Å². The first kappa shape index (κ1) is 14.1. The molecule has 0 aliphatic carbocycles. The molecule has 2 heterocycles. The zero-order valence-electron chi connectivity index (χ0n) is 11.1. The molecule has 1 aliphatic rings. The Labute approximate surface area is 110 Å². The van der Waals surface area contributed by atoms with Gasteiger partial charge < -0.3 is 5.32 Å². The van der Waals surface area contributed by atoms with Gasteiger partial charge in [0.05, 0.1) is 6.54 Å². The number of aromatic nitrogens is 1. The third kappa shape index (κ3) is 4.09. The fourth-order valence-corrected chi connectivity index (χ4v) is 2.26. The second kappa shape index (κ2) is 5.36. The van der Waals surface area contributed by atoms with Gasteiger partial charge in [0.15, 0.2) is 0 Å². The van der Waals surface area contributed by atoms with Crippen LogP contribution in [0.15, 0.2) is 12.3 Å². The SMILES string of the molecule is Cc1cnc(NC2CCN(CC(F)(F)F)C2)cc1C. The van der Waals surface area contributed by atoms with Gasteiger partial charge in [-0.3, -0.25) is 4.90 Å². The van der Waals surface area contributed by atoms with Gasteiger partial charge in [-0.15, -0.1) is 0 Å². The summed E-state index contributed by atoms with van der Waals surface area (Å²) in [5.74, 6) is 0.738.